The zero-order valence-electron chi connectivity index (χ0n) is 8.56. The third-order valence-corrected chi connectivity index (χ3v) is 3.09. The molecule has 0 saturated heterocycles. The molecule has 0 atom stereocenters. The summed E-state index contributed by atoms with van der Waals surface area (Å²) in [4.78, 5) is 0. The molecule has 0 aliphatic carbocycles. The molecule has 0 heterocycles. The molecule has 2 N–H and O–H groups in total. The Labute approximate surface area is 92.3 Å². The molecule has 0 radical (unpaired) electrons. The van der Waals surface area contributed by atoms with E-state index in [1.807, 2.05) is 13.0 Å². The molecule has 0 spiro atoms. The Morgan fingerprint density at radius 2 is 2.00 bits per heavy atom. The molecule has 1 rings (SSSR count). The summed E-state index contributed by atoms with van der Waals surface area (Å²) < 4.78 is 11.4. The first-order valence-corrected chi connectivity index (χ1v) is 5.05. The quantitative estimate of drug-likeness (QED) is 0.906. The van der Waals surface area contributed by atoms with Crippen molar-refractivity contribution in [3.63, 3.8) is 0 Å². The summed E-state index contributed by atoms with van der Waals surface area (Å²) in [5.41, 5.74) is 7.56. The van der Waals surface area contributed by atoms with Gasteiger partial charge in [0, 0.05) is 17.7 Å². The van der Waals surface area contributed by atoms with E-state index in [-0.39, 0.29) is 0 Å². The minimum absolute atomic E-state index is 0.429. The third-order valence-electron chi connectivity index (χ3n) is 2.14. The van der Waals surface area contributed by atoms with Crippen LogP contribution < -0.4 is 15.2 Å². The van der Waals surface area contributed by atoms with Crippen LogP contribution in [0.3, 0.4) is 0 Å². The van der Waals surface area contributed by atoms with Gasteiger partial charge in [-0.3, -0.25) is 0 Å². The number of benzene rings is 1. The number of ether oxygens (including phenoxy) is 2. The number of halogens is 1. The fraction of sp³-hybridized carbons (Fsp3) is 0.400. The van der Waals surface area contributed by atoms with Crippen molar-refractivity contribution in [2.45, 2.75) is 13.5 Å². The molecule has 0 bridgehead atoms. The summed E-state index contributed by atoms with van der Waals surface area (Å²) in [6.07, 6.45) is 0. The van der Waals surface area contributed by atoms with Gasteiger partial charge in [0.15, 0.2) is 0 Å². The van der Waals surface area contributed by atoms with Gasteiger partial charge < -0.3 is 15.2 Å². The Kier molecular flexibility index (Phi) is 3.77. The fourth-order valence-corrected chi connectivity index (χ4v) is 1.95. The molecule has 0 amide bonds. The van der Waals surface area contributed by atoms with Gasteiger partial charge in [0.1, 0.15) is 11.5 Å². The van der Waals surface area contributed by atoms with Crippen molar-refractivity contribution >= 4 is 15.9 Å². The highest BCUT2D eigenvalue weighted by atomic mass is 79.9. The standard InChI is InChI=1S/C10H14BrNO2/c1-6-8(13-2)4-7(5-12)10(14-3)9(6)11/h4H,5,12H2,1-3H3. The SMILES string of the molecule is COc1cc(CN)c(OC)c(Br)c1C. The van der Waals surface area contributed by atoms with Crippen molar-refractivity contribution < 1.29 is 9.47 Å². The van der Waals surface area contributed by atoms with E-state index >= 15 is 0 Å². The first kappa shape index (κ1) is 11.3. The second-order valence-corrected chi connectivity index (χ2v) is 3.71. The molecule has 0 unspecified atom stereocenters. The number of rotatable bonds is 3. The van der Waals surface area contributed by atoms with Gasteiger partial charge in [-0.2, -0.15) is 0 Å². The van der Waals surface area contributed by atoms with E-state index in [0.29, 0.717) is 6.54 Å². The Bertz CT molecular complexity index is 339. The lowest BCUT2D eigenvalue weighted by atomic mass is 10.1. The van der Waals surface area contributed by atoms with Crippen LogP contribution in [0.2, 0.25) is 0 Å². The van der Waals surface area contributed by atoms with Gasteiger partial charge in [-0.25, -0.2) is 0 Å². The van der Waals surface area contributed by atoms with Crippen LogP contribution in [0.5, 0.6) is 11.5 Å². The highest BCUT2D eigenvalue weighted by Gasteiger charge is 2.13. The average molecular weight is 260 g/mol. The Morgan fingerprint density at radius 3 is 2.43 bits per heavy atom. The first-order valence-electron chi connectivity index (χ1n) is 4.25. The minimum atomic E-state index is 0.429. The second-order valence-electron chi connectivity index (χ2n) is 2.91. The highest BCUT2D eigenvalue weighted by molar-refractivity contribution is 9.10. The maximum Gasteiger partial charge on any atom is 0.138 e. The predicted octanol–water partition coefficient (Wildman–Crippen LogP) is 2.23. The molecule has 0 aliphatic rings. The topological polar surface area (TPSA) is 44.5 Å². The van der Waals surface area contributed by atoms with Crippen LogP contribution in [0.4, 0.5) is 0 Å². The van der Waals surface area contributed by atoms with Crippen molar-refractivity contribution in [1.82, 2.24) is 0 Å². The molecule has 0 aliphatic heterocycles. The number of hydrogen-bond donors (Lipinski definition) is 1. The zero-order valence-corrected chi connectivity index (χ0v) is 10.1. The van der Waals surface area contributed by atoms with E-state index in [4.69, 9.17) is 15.2 Å². The molecule has 78 valence electrons. The summed E-state index contributed by atoms with van der Waals surface area (Å²) in [5, 5.41) is 0. The lowest BCUT2D eigenvalue weighted by molar-refractivity contribution is 0.394. The summed E-state index contributed by atoms with van der Waals surface area (Å²) >= 11 is 3.46. The van der Waals surface area contributed by atoms with Crippen molar-refractivity contribution in [1.29, 1.82) is 0 Å². The van der Waals surface area contributed by atoms with Crippen molar-refractivity contribution in [3.8, 4) is 11.5 Å². The number of hydrogen-bond acceptors (Lipinski definition) is 3. The molecule has 4 heteroatoms. The van der Waals surface area contributed by atoms with Gasteiger partial charge in [-0.1, -0.05) is 0 Å². The van der Waals surface area contributed by atoms with E-state index in [1.165, 1.54) is 0 Å². The molecule has 3 nitrogen and oxygen atoms in total. The summed E-state index contributed by atoms with van der Waals surface area (Å²) in [5.74, 6) is 1.60. The zero-order chi connectivity index (χ0) is 10.7. The smallest absolute Gasteiger partial charge is 0.138 e. The average Bonchev–Trinajstić information content (AvgIpc) is 2.21. The van der Waals surface area contributed by atoms with Gasteiger partial charge in [-0.15, -0.1) is 0 Å². The van der Waals surface area contributed by atoms with Crippen LogP contribution in [0.25, 0.3) is 0 Å². The van der Waals surface area contributed by atoms with E-state index in [2.05, 4.69) is 15.9 Å². The maximum atomic E-state index is 5.61. The lowest BCUT2D eigenvalue weighted by Gasteiger charge is -2.14. The summed E-state index contributed by atoms with van der Waals surface area (Å²) in [6, 6.07) is 1.90. The molecule has 0 fully saturated rings. The van der Waals surface area contributed by atoms with E-state index in [9.17, 15) is 0 Å². The van der Waals surface area contributed by atoms with Crippen LogP contribution >= 0.6 is 15.9 Å². The van der Waals surface area contributed by atoms with Gasteiger partial charge in [0.25, 0.3) is 0 Å². The highest BCUT2D eigenvalue weighted by Crippen LogP contribution is 2.37. The molecular weight excluding hydrogens is 246 g/mol. The van der Waals surface area contributed by atoms with Crippen LogP contribution in [0.1, 0.15) is 11.1 Å². The lowest BCUT2D eigenvalue weighted by Crippen LogP contribution is -2.02. The van der Waals surface area contributed by atoms with E-state index in [1.54, 1.807) is 14.2 Å². The molecule has 1 aromatic rings. The van der Waals surface area contributed by atoms with Crippen LogP contribution in [0.15, 0.2) is 10.5 Å². The maximum absolute atomic E-state index is 5.61. The first-order chi connectivity index (χ1) is 6.65. The van der Waals surface area contributed by atoms with Crippen LogP contribution in [0, 0.1) is 6.92 Å². The fourth-order valence-electron chi connectivity index (χ4n) is 1.34. The Balaban J connectivity index is 3.38. The normalized spacial score (nSPS) is 10.1. The molecule has 0 aromatic heterocycles. The van der Waals surface area contributed by atoms with Crippen LogP contribution in [-0.4, -0.2) is 14.2 Å². The number of nitrogens with two attached hydrogens (primary N) is 1. The Hall–Kier alpha value is -0.740. The summed E-state index contributed by atoms with van der Waals surface area (Å²) in [6.45, 7) is 2.39. The van der Waals surface area contributed by atoms with Crippen molar-refractivity contribution in [2.24, 2.45) is 5.73 Å². The molecular formula is C10H14BrNO2. The van der Waals surface area contributed by atoms with Gasteiger partial charge >= 0.3 is 0 Å². The predicted molar refractivity (Wildman–Crippen MR) is 59.9 cm³/mol. The largest absolute Gasteiger partial charge is 0.496 e. The number of methoxy groups -OCH3 is 2. The van der Waals surface area contributed by atoms with Gasteiger partial charge in [0.05, 0.1) is 18.7 Å². The van der Waals surface area contributed by atoms with Gasteiger partial charge in [0.2, 0.25) is 0 Å². The van der Waals surface area contributed by atoms with E-state index in [0.717, 1.165) is 27.1 Å². The second kappa shape index (κ2) is 4.66. The van der Waals surface area contributed by atoms with Crippen molar-refractivity contribution in [3.05, 3.63) is 21.7 Å². The van der Waals surface area contributed by atoms with E-state index < -0.39 is 0 Å². The minimum Gasteiger partial charge on any atom is -0.496 e. The monoisotopic (exact) mass is 259 g/mol. The third kappa shape index (κ3) is 1.86. The molecule has 14 heavy (non-hydrogen) atoms. The summed E-state index contributed by atoms with van der Waals surface area (Å²) in [7, 11) is 3.27. The molecule has 0 saturated carbocycles. The van der Waals surface area contributed by atoms with Gasteiger partial charge in [-0.05, 0) is 28.9 Å². The Morgan fingerprint density at radius 1 is 1.36 bits per heavy atom. The van der Waals surface area contributed by atoms with Crippen LogP contribution in [-0.2, 0) is 6.54 Å². The molecule has 1 aromatic carbocycles. The van der Waals surface area contributed by atoms with Crippen molar-refractivity contribution in [2.75, 3.05) is 14.2 Å².